The third kappa shape index (κ3) is 4.98. The van der Waals surface area contributed by atoms with Gasteiger partial charge in [0.25, 0.3) is 5.91 Å². The lowest BCUT2D eigenvalue weighted by Crippen LogP contribution is -2.43. The molecule has 0 aliphatic heterocycles. The van der Waals surface area contributed by atoms with Gasteiger partial charge in [0.2, 0.25) is 0 Å². The Morgan fingerprint density at radius 2 is 1.88 bits per heavy atom. The van der Waals surface area contributed by atoms with Gasteiger partial charge < -0.3 is 15.2 Å². The predicted octanol–water partition coefficient (Wildman–Crippen LogP) is 3.87. The summed E-state index contributed by atoms with van der Waals surface area (Å²) in [6.45, 7) is 1.77. The second kappa shape index (κ2) is 7.77. The molecule has 2 aromatic rings. The predicted molar refractivity (Wildman–Crippen MR) is 90.6 cm³/mol. The number of carboxylic acid groups (broad SMARTS) is 1. The third-order valence-corrected chi connectivity index (χ3v) is 4.63. The summed E-state index contributed by atoms with van der Waals surface area (Å²) in [6.07, 6.45) is -6.33. The number of methoxy groups -OCH3 is 1. The number of nitrogens with one attached hydrogen (secondary N) is 1. The van der Waals surface area contributed by atoms with Crippen molar-refractivity contribution in [2.24, 2.45) is 0 Å². The molecule has 1 aromatic carbocycles. The van der Waals surface area contributed by atoms with E-state index in [0.717, 1.165) is 27.3 Å². The molecule has 0 radical (unpaired) electrons. The molecule has 26 heavy (non-hydrogen) atoms. The van der Waals surface area contributed by atoms with Gasteiger partial charge in [0.05, 0.1) is 18.4 Å². The highest BCUT2D eigenvalue weighted by Gasteiger charge is 2.36. The second-order valence-corrected chi connectivity index (χ2v) is 6.75. The van der Waals surface area contributed by atoms with Crippen molar-refractivity contribution in [2.45, 2.75) is 25.6 Å². The van der Waals surface area contributed by atoms with Crippen LogP contribution in [0, 0.1) is 6.92 Å². The van der Waals surface area contributed by atoms with Crippen LogP contribution >= 0.6 is 11.3 Å². The van der Waals surface area contributed by atoms with Gasteiger partial charge in [-0.2, -0.15) is 13.2 Å². The van der Waals surface area contributed by atoms with E-state index < -0.39 is 30.5 Å². The Hall–Kier alpha value is -2.55. The average Bonchev–Trinajstić information content (AvgIpc) is 2.95. The van der Waals surface area contributed by atoms with Crippen LogP contribution < -0.4 is 10.1 Å². The Labute approximate surface area is 151 Å². The zero-order valence-corrected chi connectivity index (χ0v) is 14.7. The van der Waals surface area contributed by atoms with Gasteiger partial charge in [0.1, 0.15) is 11.8 Å². The molecule has 0 fully saturated rings. The maximum Gasteiger partial charge on any atom is 0.391 e. The van der Waals surface area contributed by atoms with Gasteiger partial charge in [-0.1, -0.05) is 12.1 Å². The first-order chi connectivity index (χ1) is 12.1. The number of hydrogen-bond donors (Lipinski definition) is 2. The number of alkyl halides is 3. The van der Waals surface area contributed by atoms with Gasteiger partial charge in [0, 0.05) is 4.88 Å². The van der Waals surface area contributed by atoms with Crippen molar-refractivity contribution in [2.75, 3.05) is 7.11 Å². The molecule has 0 aliphatic carbocycles. The molecule has 0 bridgehead atoms. The molecule has 1 aromatic heterocycles. The number of rotatable bonds is 6. The zero-order chi connectivity index (χ0) is 19.5. The van der Waals surface area contributed by atoms with Crippen LogP contribution in [0.5, 0.6) is 5.75 Å². The van der Waals surface area contributed by atoms with Gasteiger partial charge in [-0.3, -0.25) is 4.79 Å². The number of aliphatic carboxylic acids is 1. The summed E-state index contributed by atoms with van der Waals surface area (Å²) in [5.41, 5.74) is 1.55. The van der Waals surface area contributed by atoms with Crippen molar-refractivity contribution in [3.05, 3.63) is 40.1 Å². The highest BCUT2D eigenvalue weighted by Crippen LogP contribution is 2.32. The molecule has 2 rings (SSSR count). The number of halogens is 3. The Morgan fingerprint density at radius 1 is 1.27 bits per heavy atom. The SMILES string of the molecule is COc1ccc(-c2cc(C(=O)NC(CC(F)(F)F)C(=O)O)sc2C)cc1. The van der Waals surface area contributed by atoms with E-state index in [9.17, 15) is 22.8 Å². The quantitative estimate of drug-likeness (QED) is 0.789. The van der Waals surface area contributed by atoms with E-state index in [-0.39, 0.29) is 4.88 Å². The molecule has 140 valence electrons. The molecule has 0 aliphatic rings. The molecule has 0 spiro atoms. The fourth-order valence-corrected chi connectivity index (χ4v) is 3.26. The van der Waals surface area contributed by atoms with E-state index >= 15 is 0 Å². The van der Waals surface area contributed by atoms with Crippen molar-refractivity contribution in [3.63, 3.8) is 0 Å². The van der Waals surface area contributed by atoms with E-state index in [0.29, 0.717) is 5.75 Å². The lowest BCUT2D eigenvalue weighted by Gasteiger charge is -2.15. The summed E-state index contributed by atoms with van der Waals surface area (Å²) in [6, 6.07) is 6.57. The maximum atomic E-state index is 12.4. The van der Waals surface area contributed by atoms with Crippen LogP contribution in [-0.4, -0.2) is 36.3 Å². The van der Waals surface area contributed by atoms with E-state index in [2.05, 4.69) is 0 Å². The summed E-state index contributed by atoms with van der Waals surface area (Å²) in [5.74, 6) is -1.93. The van der Waals surface area contributed by atoms with Crippen molar-refractivity contribution in [3.8, 4) is 16.9 Å². The highest BCUT2D eigenvalue weighted by atomic mass is 32.1. The molecular formula is C17H16F3NO4S. The monoisotopic (exact) mass is 387 g/mol. The first kappa shape index (κ1) is 19.8. The number of hydrogen-bond acceptors (Lipinski definition) is 4. The molecule has 1 amide bonds. The maximum absolute atomic E-state index is 12.4. The fourth-order valence-electron chi connectivity index (χ4n) is 2.31. The molecule has 5 nitrogen and oxygen atoms in total. The molecule has 1 atom stereocenters. The number of amides is 1. The zero-order valence-electron chi connectivity index (χ0n) is 13.9. The summed E-state index contributed by atoms with van der Waals surface area (Å²) >= 11 is 1.08. The minimum Gasteiger partial charge on any atom is -0.497 e. The lowest BCUT2D eigenvalue weighted by molar-refractivity contribution is -0.157. The molecule has 1 heterocycles. The van der Waals surface area contributed by atoms with Crippen LogP contribution in [0.3, 0.4) is 0 Å². The minimum absolute atomic E-state index is 0.141. The minimum atomic E-state index is -4.70. The first-order valence-electron chi connectivity index (χ1n) is 7.46. The normalized spacial score (nSPS) is 12.5. The summed E-state index contributed by atoms with van der Waals surface area (Å²) in [4.78, 5) is 24.1. The van der Waals surface area contributed by atoms with Gasteiger partial charge in [0.15, 0.2) is 0 Å². The Balaban J connectivity index is 2.20. The van der Waals surface area contributed by atoms with Crippen molar-refractivity contribution < 1.29 is 32.6 Å². The van der Waals surface area contributed by atoms with Gasteiger partial charge in [-0.15, -0.1) is 11.3 Å². The van der Waals surface area contributed by atoms with Crippen molar-refractivity contribution >= 4 is 23.2 Å². The topological polar surface area (TPSA) is 75.6 Å². The van der Waals surface area contributed by atoms with Crippen molar-refractivity contribution in [1.82, 2.24) is 5.32 Å². The van der Waals surface area contributed by atoms with E-state index in [1.54, 1.807) is 31.2 Å². The summed E-state index contributed by atoms with van der Waals surface area (Å²) in [5, 5.41) is 10.8. The number of aryl methyl sites for hydroxylation is 1. The molecule has 0 saturated heterocycles. The third-order valence-electron chi connectivity index (χ3n) is 3.58. The molecule has 9 heteroatoms. The number of ether oxygens (including phenoxy) is 1. The Kier molecular flexibility index (Phi) is 5.91. The van der Waals surface area contributed by atoms with Crippen LogP contribution in [0.2, 0.25) is 0 Å². The number of thiophene rings is 1. The van der Waals surface area contributed by atoms with Crippen molar-refractivity contribution in [1.29, 1.82) is 0 Å². The van der Waals surface area contributed by atoms with Crippen LogP contribution in [-0.2, 0) is 4.79 Å². The van der Waals surface area contributed by atoms with Crippen LogP contribution in [0.25, 0.3) is 11.1 Å². The van der Waals surface area contributed by atoms with Crippen LogP contribution in [0.4, 0.5) is 13.2 Å². The number of carboxylic acids is 1. The van der Waals surface area contributed by atoms with Crippen LogP contribution in [0.15, 0.2) is 30.3 Å². The fraction of sp³-hybridized carbons (Fsp3) is 0.294. The number of benzene rings is 1. The largest absolute Gasteiger partial charge is 0.497 e. The molecule has 1 unspecified atom stereocenters. The Morgan fingerprint density at radius 3 is 2.38 bits per heavy atom. The van der Waals surface area contributed by atoms with Gasteiger partial charge in [-0.05, 0) is 36.2 Å². The lowest BCUT2D eigenvalue weighted by atomic mass is 10.1. The molecular weight excluding hydrogens is 371 g/mol. The average molecular weight is 387 g/mol. The van der Waals surface area contributed by atoms with Crippen LogP contribution in [0.1, 0.15) is 21.0 Å². The highest BCUT2D eigenvalue weighted by molar-refractivity contribution is 7.14. The van der Waals surface area contributed by atoms with E-state index in [1.165, 1.54) is 13.2 Å². The molecule has 2 N–H and O–H groups in total. The first-order valence-corrected chi connectivity index (χ1v) is 8.27. The summed E-state index contributed by atoms with van der Waals surface area (Å²) in [7, 11) is 1.53. The molecule has 0 saturated carbocycles. The van der Waals surface area contributed by atoms with E-state index in [1.807, 2.05) is 5.32 Å². The van der Waals surface area contributed by atoms with Gasteiger partial charge >= 0.3 is 12.1 Å². The van der Waals surface area contributed by atoms with E-state index in [4.69, 9.17) is 9.84 Å². The Bertz CT molecular complexity index is 799. The second-order valence-electron chi connectivity index (χ2n) is 5.49. The number of carbonyl (C=O) groups is 2. The number of carbonyl (C=O) groups excluding carboxylic acids is 1. The van der Waals surface area contributed by atoms with Gasteiger partial charge in [-0.25, -0.2) is 4.79 Å². The summed E-state index contributed by atoms with van der Waals surface area (Å²) < 4.78 is 42.4. The smallest absolute Gasteiger partial charge is 0.391 e. The standard InChI is InChI=1S/C17H16F3NO4S/c1-9-12(10-3-5-11(25-2)6-4-10)7-14(26-9)15(22)21-13(16(23)24)8-17(18,19)20/h3-7,13H,8H2,1-2H3,(H,21,22)(H,23,24).